The summed E-state index contributed by atoms with van der Waals surface area (Å²) in [6, 6.07) is -0.346. The molecule has 1 saturated carbocycles. The number of piperazine rings is 1. The number of rotatable bonds is 3. The van der Waals surface area contributed by atoms with E-state index in [9.17, 15) is 9.59 Å². The van der Waals surface area contributed by atoms with Crippen LogP contribution in [0.2, 0.25) is 0 Å². The minimum atomic E-state index is -0.605. The molecule has 20 heavy (non-hydrogen) atoms. The van der Waals surface area contributed by atoms with Crippen LogP contribution < -0.4 is 5.32 Å². The van der Waals surface area contributed by atoms with Gasteiger partial charge in [0.05, 0.1) is 0 Å². The molecule has 2 rings (SSSR count). The fourth-order valence-electron chi connectivity index (χ4n) is 3.26. The summed E-state index contributed by atoms with van der Waals surface area (Å²) in [6.45, 7) is 8.96. The molecule has 2 aliphatic rings. The highest BCUT2D eigenvalue weighted by Gasteiger charge is 2.50. The van der Waals surface area contributed by atoms with Crippen LogP contribution in [-0.4, -0.2) is 34.8 Å². The maximum absolute atomic E-state index is 13.0. The zero-order valence-corrected chi connectivity index (χ0v) is 13.3. The van der Waals surface area contributed by atoms with Gasteiger partial charge >= 0.3 is 0 Å². The third-order valence-corrected chi connectivity index (χ3v) is 5.14. The maximum atomic E-state index is 13.0. The van der Waals surface area contributed by atoms with Crippen LogP contribution >= 0.6 is 0 Å². The maximum Gasteiger partial charge on any atom is 0.249 e. The predicted octanol–water partition coefficient (Wildman–Crippen LogP) is 2.47. The van der Waals surface area contributed by atoms with Gasteiger partial charge in [0, 0.05) is 6.54 Å². The van der Waals surface area contributed by atoms with Crippen LogP contribution in [0.5, 0.6) is 0 Å². The number of nitrogens with one attached hydrogen (secondary N) is 1. The van der Waals surface area contributed by atoms with Crippen LogP contribution in [0.25, 0.3) is 0 Å². The summed E-state index contributed by atoms with van der Waals surface area (Å²) in [7, 11) is 0. The van der Waals surface area contributed by atoms with Gasteiger partial charge in [-0.2, -0.15) is 0 Å². The molecule has 1 aliphatic heterocycles. The number of carbonyl (C=O) groups is 2. The molecule has 1 atom stereocenters. The molecule has 1 N–H and O–H groups in total. The first-order valence-electron chi connectivity index (χ1n) is 7.94. The molecule has 1 saturated heterocycles. The second kappa shape index (κ2) is 5.38. The Balaban J connectivity index is 2.24. The topological polar surface area (TPSA) is 49.4 Å². The standard InChI is InChI=1S/C16H28N2O2/c1-5-15(3,4)11-18-12(2)13(19)17-16(14(18)20)9-7-6-8-10-16/h12H,5-11H2,1-4H3,(H,17,19). The fourth-order valence-corrected chi connectivity index (χ4v) is 3.26. The van der Waals surface area contributed by atoms with E-state index in [-0.39, 0.29) is 23.3 Å². The van der Waals surface area contributed by atoms with Crippen LogP contribution in [0.15, 0.2) is 0 Å². The molecule has 1 spiro atoms. The van der Waals surface area contributed by atoms with Crippen LogP contribution in [0.4, 0.5) is 0 Å². The van der Waals surface area contributed by atoms with Crippen LogP contribution in [0.3, 0.4) is 0 Å². The van der Waals surface area contributed by atoms with Crippen molar-refractivity contribution in [2.75, 3.05) is 6.54 Å². The zero-order valence-electron chi connectivity index (χ0n) is 13.3. The van der Waals surface area contributed by atoms with Crippen molar-refractivity contribution in [3.8, 4) is 0 Å². The number of carbonyl (C=O) groups excluding carboxylic acids is 2. The summed E-state index contributed by atoms with van der Waals surface area (Å²) in [5.74, 6) is 0.157. The van der Waals surface area contributed by atoms with Crippen LogP contribution in [0, 0.1) is 5.41 Å². The average Bonchev–Trinajstić information content (AvgIpc) is 2.43. The van der Waals surface area contributed by atoms with Gasteiger partial charge in [0.25, 0.3) is 0 Å². The monoisotopic (exact) mass is 280 g/mol. The summed E-state index contributed by atoms with van der Waals surface area (Å²) in [4.78, 5) is 27.1. The highest BCUT2D eigenvalue weighted by atomic mass is 16.2. The minimum Gasteiger partial charge on any atom is -0.340 e. The Morgan fingerprint density at radius 1 is 1.25 bits per heavy atom. The van der Waals surface area contributed by atoms with E-state index < -0.39 is 5.54 Å². The van der Waals surface area contributed by atoms with Gasteiger partial charge in [-0.05, 0) is 31.6 Å². The third kappa shape index (κ3) is 2.70. The van der Waals surface area contributed by atoms with Gasteiger partial charge in [-0.3, -0.25) is 9.59 Å². The quantitative estimate of drug-likeness (QED) is 0.863. The first-order chi connectivity index (χ1) is 9.31. The normalized spacial score (nSPS) is 26.8. The van der Waals surface area contributed by atoms with E-state index in [1.807, 2.05) is 11.8 Å². The van der Waals surface area contributed by atoms with Gasteiger partial charge in [0.15, 0.2) is 0 Å². The molecule has 4 nitrogen and oxygen atoms in total. The summed E-state index contributed by atoms with van der Waals surface area (Å²) < 4.78 is 0. The summed E-state index contributed by atoms with van der Waals surface area (Å²) in [6.07, 6.45) is 5.83. The van der Waals surface area contributed by atoms with Crippen molar-refractivity contribution in [3.05, 3.63) is 0 Å². The Labute approximate surface area is 122 Å². The molecule has 0 bridgehead atoms. The second-order valence-electron chi connectivity index (χ2n) is 7.26. The van der Waals surface area contributed by atoms with Gasteiger partial charge in [-0.1, -0.05) is 40.0 Å². The Morgan fingerprint density at radius 3 is 2.40 bits per heavy atom. The Kier molecular flexibility index (Phi) is 4.12. The van der Waals surface area contributed by atoms with E-state index in [1.54, 1.807) is 0 Å². The first kappa shape index (κ1) is 15.3. The fraction of sp³-hybridized carbons (Fsp3) is 0.875. The van der Waals surface area contributed by atoms with Gasteiger partial charge in [0.2, 0.25) is 11.8 Å². The molecule has 0 aromatic heterocycles. The minimum absolute atomic E-state index is 0.0124. The lowest BCUT2D eigenvalue weighted by Crippen LogP contribution is -2.71. The van der Waals surface area contributed by atoms with E-state index in [4.69, 9.17) is 0 Å². The molecule has 0 aromatic carbocycles. The average molecular weight is 280 g/mol. The number of hydrogen-bond donors (Lipinski definition) is 1. The van der Waals surface area contributed by atoms with Crippen LogP contribution in [0.1, 0.15) is 66.2 Å². The predicted molar refractivity (Wildman–Crippen MR) is 79.2 cm³/mol. The molecule has 0 aromatic rings. The van der Waals surface area contributed by atoms with Crippen LogP contribution in [-0.2, 0) is 9.59 Å². The van der Waals surface area contributed by atoms with Crippen molar-refractivity contribution in [1.29, 1.82) is 0 Å². The van der Waals surface area contributed by atoms with Gasteiger partial charge in [0.1, 0.15) is 11.6 Å². The molecule has 0 radical (unpaired) electrons. The Hall–Kier alpha value is -1.06. The lowest BCUT2D eigenvalue weighted by molar-refractivity contribution is -0.157. The van der Waals surface area contributed by atoms with Gasteiger partial charge in [-0.15, -0.1) is 0 Å². The molecule has 2 amide bonds. The third-order valence-electron chi connectivity index (χ3n) is 5.14. The van der Waals surface area contributed by atoms with Crippen molar-refractivity contribution in [2.45, 2.75) is 77.8 Å². The Bertz CT molecular complexity index is 397. The van der Waals surface area contributed by atoms with E-state index in [0.717, 1.165) is 32.1 Å². The molecule has 2 fully saturated rings. The molecular formula is C16H28N2O2. The molecule has 1 heterocycles. The number of amides is 2. The highest BCUT2D eigenvalue weighted by molar-refractivity contribution is 5.99. The van der Waals surface area contributed by atoms with E-state index >= 15 is 0 Å². The SMILES string of the molecule is CCC(C)(C)CN1C(=O)C2(CCCCC2)NC(=O)C1C. The van der Waals surface area contributed by atoms with Crippen molar-refractivity contribution in [1.82, 2.24) is 10.2 Å². The molecule has 4 heteroatoms. The molecule has 1 unspecified atom stereocenters. The van der Waals surface area contributed by atoms with E-state index in [0.29, 0.717) is 6.54 Å². The van der Waals surface area contributed by atoms with Crippen molar-refractivity contribution in [3.63, 3.8) is 0 Å². The summed E-state index contributed by atoms with van der Waals surface area (Å²) in [5, 5.41) is 3.03. The number of nitrogens with zero attached hydrogens (tertiary/aromatic N) is 1. The first-order valence-corrected chi connectivity index (χ1v) is 7.94. The smallest absolute Gasteiger partial charge is 0.249 e. The van der Waals surface area contributed by atoms with Crippen molar-refractivity contribution in [2.24, 2.45) is 5.41 Å². The summed E-state index contributed by atoms with van der Waals surface area (Å²) >= 11 is 0. The van der Waals surface area contributed by atoms with Gasteiger partial charge < -0.3 is 10.2 Å². The van der Waals surface area contributed by atoms with E-state index in [2.05, 4.69) is 26.1 Å². The lowest BCUT2D eigenvalue weighted by atomic mass is 9.77. The van der Waals surface area contributed by atoms with Gasteiger partial charge in [-0.25, -0.2) is 0 Å². The highest BCUT2D eigenvalue weighted by Crippen LogP contribution is 2.35. The van der Waals surface area contributed by atoms with E-state index in [1.165, 1.54) is 6.42 Å². The zero-order chi connectivity index (χ0) is 15.0. The molecular weight excluding hydrogens is 252 g/mol. The molecule has 1 aliphatic carbocycles. The lowest BCUT2D eigenvalue weighted by Gasteiger charge is -2.48. The Morgan fingerprint density at radius 2 is 1.85 bits per heavy atom. The second-order valence-corrected chi connectivity index (χ2v) is 7.26. The van der Waals surface area contributed by atoms with Crippen molar-refractivity contribution < 1.29 is 9.59 Å². The van der Waals surface area contributed by atoms with Crippen molar-refractivity contribution >= 4 is 11.8 Å². The largest absolute Gasteiger partial charge is 0.340 e. The number of hydrogen-bond acceptors (Lipinski definition) is 2. The summed E-state index contributed by atoms with van der Waals surface area (Å²) in [5.41, 5.74) is -0.553. The molecule has 114 valence electrons.